The lowest BCUT2D eigenvalue weighted by Crippen LogP contribution is -2.39. The Labute approximate surface area is 87.5 Å². The van der Waals surface area contributed by atoms with Gasteiger partial charge in [0.25, 0.3) is 0 Å². The lowest BCUT2D eigenvalue weighted by atomic mass is 9.85. The molecule has 1 unspecified atom stereocenters. The normalized spacial score (nSPS) is 39.1. The van der Waals surface area contributed by atoms with Crippen molar-refractivity contribution in [3.05, 3.63) is 22.4 Å². The maximum atomic E-state index is 10.6. The van der Waals surface area contributed by atoms with Gasteiger partial charge in [0.05, 0.1) is 6.10 Å². The van der Waals surface area contributed by atoms with Crippen LogP contribution in [0.2, 0.25) is 0 Å². The summed E-state index contributed by atoms with van der Waals surface area (Å²) < 4.78 is 5.69. The zero-order chi connectivity index (χ0) is 9.81. The van der Waals surface area contributed by atoms with E-state index in [0.717, 1.165) is 17.7 Å². The summed E-state index contributed by atoms with van der Waals surface area (Å²) in [4.78, 5) is 1.03. The first kappa shape index (κ1) is 8.89. The molecule has 2 fully saturated rings. The number of fused-ring (bicyclic) bond motifs is 1. The maximum Gasteiger partial charge on any atom is 0.128 e. The molecule has 3 atom stereocenters. The van der Waals surface area contributed by atoms with Crippen LogP contribution in [0.3, 0.4) is 0 Å². The SMILES string of the molecule is CC(O)(c1cccs1)[C@@]12CCC[C@@H]1O2. The highest BCUT2D eigenvalue weighted by atomic mass is 32.1. The van der Waals surface area contributed by atoms with Crippen LogP contribution < -0.4 is 0 Å². The topological polar surface area (TPSA) is 32.8 Å². The second-order valence-electron chi connectivity index (χ2n) is 4.44. The van der Waals surface area contributed by atoms with E-state index in [2.05, 4.69) is 0 Å². The van der Waals surface area contributed by atoms with Gasteiger partial charge >= 0.3 is 0 Å². The van der Waals surface area contributed by atoms with E-state index in [1.807, 2.05) is 24.4 Å². The van der Waals surface area contributed by atoms with E-state index in [-0.39, 0.29) is 5.60 Å². The highest BCUT2D eigenvalue weighted by molar-refractivity contribution is 7.10. The van der Waals surface area contributed by atoms with Gasteiger partial charge in [0, 0.05) is 4.88 Å². The molecule has 1 aromatic heterocycles. The summed E-state index contributed by atoms with van der Waals surface area (Å²) in [6.45, 7) is 1.89. The van der Waals surface area contributed by atoms with Gasteiger partial charge in [-0.25, -0.2) is 0 Å². The molecule has 0 aromatic carbocycles. The Bertz CT molecular complexity index is 344. The van der Waals surface area contributed by atoms with Crippen molar-refractivity contribution in [1.29, 1.82) is 0 Å². The molecule has 2 aliphatic rings. The van der Waals surface area contributed by atoms with E-state index in [1.54, 1.807) is 11.3 Å². The molecule has 2 heterocycles. The molecule has 0 bridgehead atoms. The Hall–Kier alpha value is -0.380. The van der Waals surface area contributed by atoms with Crippen LogP contribution in [0.5, 0.6) is 0 Å². The van der Waals surface area contributed by atoms with Gasteiger partial charge < -0.3 is 9.84 Å². The van der Waals surface area contributed by atoms with Crippen molar-refractivity contribution in [2.75, 3.05) is 0 Å². The Morgan fingerprint density at radius 2 is 2.57 bits per heavy atom. The minimum Gasteiger partial charge on any atom is -0.381 e. The molecule has 0 amide bonds. The highest BCUT2D eigenvalue weighted by Gasteiger charge is 2.69. The van der Waals surface area contributed by atoms with E-state index in [9.17, 15) is 5.11 Å². The van der Waals surface area contributed by atoms with Crippen LogP contribution in [0.15, 0.2) is 17.5 Å². The number of hydrogen-bond donors (Lipinski definition) is 1. The van der Waals surface area contributed by atoms with E-state index in [4.69, 9.17) is 4.74 Å². The van der Waals surface area contributed by atoms with Crippen LogP contribution in [-0.4, -0.2) is 16.8 Å². The summed E-state index contributed by atoms with van der Waals surface area (Å²) in [5, 5.41) is 12.6. The second-order valence-corrected chi connectivity index (χ2v) is 5.39. The van der Waals surface area contributed by atoms with E-state index < -0.39 is 5.60 Å². The predicted octanol–water partition coefficient (Wildman–Crippen LogP) is 2.28. The van der Waals surface area contributed by atoms with Crippen molar-refractivity contribution in [1.82, 2.24) is 0 Å². The van der Waals surface area contributed by atoms with Crippen LogP contribution in [0.4, 0.5) is 0 Å². The van der Waals surface area contributed by atoms with Crippen LogP contribution in [-0.2, 0) is 10.3 Å². The molecule has 1 aromatic rings. The lowest BCUT2D eigenvalue weighted by Gasteiger charge is -2.28. The van der Waals surface area contributed by atoms with Gasteiger partial charge in [-0.2, -0.15) is 0 Å². The number of ether oxygens (including phenoxy) is 1. The third-order valence-corrected chi connectivity index (χ3v) is 4.74. The average molecular weight is 210 g/mol. The Balaban J connectivity index is 1.97. The summed E-state index contributed by atoms with van der Waals surface area (Å²) in [6.07, 6.45) is 3.61. The van der Waals surface area contributed by atoms with E-state index >= 15 is 0 Å². The monoisotopic (exact) mass is 210 g/mol. The third kappa shape index (κ3) is 0.926. The summed E-state index contributed by atoms with van der Waals surface area (Å²) in [5.41, 5.74) is -1.04. The first-order valence-corrected chi connectivity index (χ1v) is 5.99. The molecular formula is C11H14O2S. The third-order valence-electron chi connectivity index (χ3n) is 3.65. The fraction of sp³-hybridized carbons (Fsp3) is 0.636. The maximum absolute atomic E-state index is 10.6. The lowest BCUT2D eigenvalue weighted by molar-refractivity contribution is -0.0276. The molecule has 1 saturated carbocycles. The van der Waals surface area contributed by atoms with Gasteiger partial charge in [-0.3, -0.25) is 0 Å². The Morgan fingerprint density at radius 3 is 3.07 bits per heavy atom. The number of hydrogen-bond acceptors (Lipinski definition) is 3. The average Bonchev–Trinajstić information content (AvgIpc) is 2.61. The minimum atomic E-state index is -0.789. The number of rotatable bonds is 2. The van der Waals surface area contributed by atoms with Gasteiger partial charge in [0.2, 0.25) is 0 Å². The van der Waals surface area contributed by atoms with Crippen LogP contribution in [0, 0.1) is 0 Å². The van der Waals surface area contributed by atoms with Gasteiger partial charge in [-0.05, 0) is 37.6 Å². The molecule has 14 heavy (non-hydrogen) atoms. The van der Waals surface area contributed by atoms with E-state index in [0.29, 0.717) is 6.10 Å². The molecule has 1 N–H and O–H groups in total. The quantitative estimate of drug-likeness (QED) is 0.760. The van der Waals surface area contributed by atoms with Gasteiger partial charge in [0.1, 0.15) is 11.2 Å². The number of thiophene rings is 1. The molecule has 1 aliphatic carbocycles. The van der Waals surface area contributed by atoms with Crippen LogP contribution in [0.1, 0.15) is 31.1 Å². The smallest absolute Gasteiger partial charge is 0.128 e. The molecular weight excluding hydrogens is 196 g/mol. The molecule has 1 saturated heterocycles. The first-order chi connectivity index (χ1) is 6.67. The zero-order valence-electron chi connectivity index (χ0n) is 8.19. The standard InChI is InChI=1S/C11H14O2S/c1-10(12,9-5-3-7-14-9)11-6-2-4-8(11)13-11/h3,5,7-8,12H,2,4,6H2,1H3/t8-,10?,11+/m0/s1. The molecule has 3 heteroatoms. The molecule has 0 spiro atoms. The zero-order valence-corrected chi connectivity index (χ0v) is 9.01. The number of aliphatic hydroxyl groups is 1. The van der Waals surface area contributed by atoms with Crippen molar-refractivity contribution in [3.63, 3.8) is 0 Å². The molecule has 0 radical (unpaired) electrons. The Kier molecular flexibility index (Phi) is 1.65. The van der Waals surface area contributed by atoms with Crippen molar-refractivity contribution >= 4 is 11.3 Å². The fourth-order valence-corrected chi connectivity index (χ4v) is 3.58. The van der Waals surface area contributed by atoms with Gasteiger partial charge in [0.15, 0.2) is 0 Å². The predicted molar refractivity (Wildman–Crippen MR) is 55.3 cm³/mol. The number of epoxide rings is 1. The summed E-state index contributed by atoms with van der Waals surface area (Å²) >= 11 is 1.61. The highest BCUT2D eigenvalue weighted by Crippen LogP contribution is 2.59. The molecule has 2 nitrogen and oxygen atoms in total. The Morgan fingerprint density at radius 1 is 1.71 bits per heavy atom. The summed E-state index contributed by atoms with van der Waals surface area (Å²) in [6, 6.07) is 3.98. The molecule has 3 rings (SSSR count). The first-order valence-electron chi connectivity index (χ1n) is 5.11. The van der Waals surface area contributed by atoms with E-state index in [1.165, 1.54) is 6.42 Å². The largest absolute Gasteiger partial charge is 0.381 e. The van der Waals surface area contributed by atoms with Crippen molar-refractivity contribution in [3.8, 4) is 0 Å². The second kappa shape index (κ2) is 2.60. The fourth-order valence-electron chi connectivity index (χ4n) is 2.72. The summed E-state index contributed by atoms with van der Waals surface area (Å²) in [5.74, 6) is 0. The van der Waals surface area contributed by atoms with Gasteiger partial charge in [-0.15, -0.1) is 11.3 Å². The van der Waals surface area contributed by atoms with Crippen LogP contribution >= 0.6 is 11.3 Å². The van der Waals surface area contributed by atoms with Crippen LogP contribution in [0.25, 0.3) is 0 Å². The van der Waals surface area contributed by atoms with Gasteiger partial charge in [-0.1, -0.05) is 6.07 Å². The summed E-state index contributed by atoms with van der Waals surface area (Å²) in [7, 11) is 0. The molecule has 1 aliphatic heterocycles. The van der Waals surface area contributed by atoms with Crippen molar-refractivity contribution < 1.29 is 9.84 Å². The minimum absolute atomic E-state index is 0.252. The van der Waals surface area contributed by atoms with Crippen molar-refractivity contribution in [2.24, 2.45) is 0 Å². The van der Waals surface area contributed by atoms with Crippen molar-refractivity contribution in [2.45, 2.75) is 43.5 Å². The molecule has 76 valence electrons.